The standard InChI is InChI=1S/C21H24N4O4S2/c1-29-17-5-6-18-19(12-17)30-21(23-18)25(14-15-4-3-9-22-13-15)20(26)16-7-10-24(11-8-16)31(2,27)28/h3-6,9,12-13,16H,7-8,10-11,14H2,1-2H3. The van der Waals surface area contributed by atoms with E-state index in [1.54, 1.807) is 24.4 Å². The lowest BCUT2D eigenvalue weighted by molar-refractivity contribution is -0.123. The summed E-state index contributed by atoms with van der Waals surface area (Å²) in [6.07, 6.45) is 5.63. The highest BCUT2D eigenvalue weighted by Crippen LogP contribution is 2.34. The van der Waals surface area contributed by atoms with Crippen LogP contribution in [0.3, 0.4) is 0 Å². The lowest BCUT2D eigenvalue weighted by Crippen LogP contribution is -2.44. The van der Waals surface area contributed by atoms with Gasteiger partial charge in [0, 0.05) is 31.4 Å². The number of piperidine rings is 1. The molecule has 3 aromatic rings. The van der Waals surface area contributed by atoms with Crippen molar-refractivity contribution in [2.24, 2.45) is 5.92 Å². The number of benzene rings is 1. The summed E-state index contributed by atoms with van der Waals surface area (Å²) in [5.41, 5.74) is 1.71. The van der Waals surface area contributed by atoms with Crippen LogP contribution in [0.25, 0.3) is 10.2 Å². The second kappa shape index (κ2) is 8.89. The largest absolute Gasteiger partial charge is 0.497 e. The minimum absolute atomic E-state index is 0.0389. The fourth-order valence-corrected chi connectivity index (χ4v) is 5.58. The van der Waals surface area contributed by atoms with Crippen molar-refractivity contribution in [3.05, 3.63) is 48.3 Å². The number of nitrogens with zero attached hydrogens (tertiary/aromatic N) is 4. The van der Waals surface area contributed by atoms with Crippen molar-refractivity contribution < 1.29 is 17.9 Å². The molecule has 1 saturated heterocycles. The molecule has 164 valence electrons. The number of anilines is 1. The third-order valence-electron chi connectivity index (χ3n) is 5.42. The molecule has 3 heterocycles. The van der Waals surface area contributed by atoms with Gasteiger partial charge >= 0.3 is 0 Å². The normalized spacial score (nSPS) is 15.8. The molecule has 0 bridgehead atoms. The molecule has 0 aliphatic carbocycles. The third kappa shape index (κ3) is 4.86. The number of hydrogen-bond acceptors (Lipinski definition) is 7. The van der Waals surface area contributed by atoms with E-state index in [2.05, 4.69) is 4.98 Å². The third-order valence-corrected chi connectivity index (χ3v) is 7.76. The van der Waals surface area contributed by atoms with Gasteiger partial charge in [0.25, 0.3) is 0 Å². The second-order valence-corrected chi connectivity index (χ2v) is 10.5. The van der Waals surface area contributed by atoms with Gasteiger partial charge in [-0.2, -0.15) is 0 Å². The lowest BCUT2D eigenvalue weighted by atomic mass is 9.96. The van der Waals surface area contributed by atoms with Crippen molar-refractivity contribution >= 4 is 42.6 Å². The molecule has 1 aliphatic heterocycles. The first kappa shape index (κ1) is 21.7. The number of amides is 1. The van der Waals surface area contributed by atoms with Gasteiger partial charge in [0.15, 0.2) is 5.13 Å². The van der Waals surface area contributed by atoms with Gasteiger partial charge in [-0.15, -0.1) is 0 Å². The molecule has 0 saturated carbocycles. The number of rotatable bonds is 6. The monoisotopic (exact) mass is 460 g/mol. The van der Waals surface area contributed by atoms with Crippen molar-refractivity contribution in [2.75, 3.05) is 31.4 Å². The number of methoxy groups -OCH3 is 1. The first-order chi connectivity index (χ1) is 14.8. The molecule has 8 nitrogen and oxygen atoms in total. The van der Waals surface area contributed by atoms with Gasteiger partial charge in [-0.1, -0.05) is 17.4 Å². The Balaban J connectivity index is 1.62. The Labute approximate surface area is 185 Å². The summed E-state index contributed by atoms with van der Waals surface area (Å²) in [5, 5.41) is 0.614. The van der Waals surface area contributed by atoms with Crippen LogP contribution in [-0.2, 0) is 21.4 Å². The van der Waals surface area contributed by atoms with Crippen LogP contribution in [0.15, 0.2) is 42.7 Å². The Morgan fingerprint density at radius 2 is 2.06 bits per heavy atom. The van der Waals surface area contributed by atoms with Crippen molar-refractivity contribution in [2.45, 2.75) is 19.4 Å². The first-order valence-corrected chi connectivity index (χ1v) is 12.6. The Hall–Kier alpha value is -2.56. The summed E-state index contributed by atoms with van der Waals surface area (Å²) in [4.78, 5) is 24.1. The van der Waals surface area contributed by atoms with Crippen molar-refractivity contribution in [3.8, 4) is 5.75 Å². The molecule has 2 aromatic heterocycles. The van der Waals surface area contributed by atoms with Crippen molar-refractivity contribution in [1.29, 1.82) is 0 Å². The highest BCUT2D eigenvalue weighted by molar-refractivity contribution is 7.88. The van der Waals surface area contributed by atoms with E-state index in [-0.39, 0.29) is 11.8 Å². The van der Waals surface area contributed by atoms with E-state index >= 15 is 0 Å². The van der Waals surface area contributed by atoms with Gasteiger partial charge in [-0.25, -0.2) is 17.7 Å². The maximum absolute atomic E-state index is 13.5. The summed E-state index contributed by atoms with van der Waals surface area (Å²) < 4.78 is 31.3. The van der Waals surface area contributed by atoms with Crippen LogP contribution in [-0.4, -0.2) is 55.1 Å². The maximum Gasteiger partial charge on any atom is 0.232 e. The van der Waals surface area contributed by atoms with E-state index in [1.807, 2.05) is 30.3 Å². The van der Waals surface area contributed by atoms with E-state index in [1.165, 1.54) is 21.9 Å². The minimum atomic E-state index is -3.24. The predicted octanol–water partition coefficient (Wildman–Crippen LogP) is 2.90. The molecule has 0 atom stereocenters. The van der Waals surface area contributed by atoms with Crippen LogP contribution in [0.1, 0.15) is 18.4 Å². The van der Waals surface area contributed by atoms with E-state index in [0.717, 1.165) is 21.5 Å². The van der Waals surface area contributed by atoms with Gasteiger partial charge < -0.3 is 4.74 Å². The molecule has 1 fully saturated rings. The number of thiazole rings is 1. The fourth-order valence-electron chi connectivity index (χ4n) is 3.70. The van der Waals surface area contributed by atoms with Crippen LogP contribution in [0.4, 0.5) is 5.13 Å². The maximum atomic E-state index is 13.5. The number of pyridine rings is 1. The average molecular weight is 461 g/mol. The fraction of sp³-hybridized carbons (Fsp3) is 0.381. The van der Waals surface area contributed by atoms with Gasteiger partial charge in [-0.05, 0) is 42.7 Å². The topological polar surface area (TPSA) is 92.7 Å². The molecule has 4 rings (SSSR count). The smallest absolute Gasteiger partial charge is 0.232 e. The number of hydrogen-bond donors (Lipinski definition) is 0. The minimum Gasteiger partial charge on any atom is -0.497 e. The van der Waals surface area contributed by atoms with E-state index < -0.39 is 10.0 Å². The quantitative estimate of drug-likeness (QED) is 0.562. The summed E-state index contributed by atoms with van der Waals surface area (Å²) in [7, 11) is -1.63. The number of carbonyl (C=O) groups is 1. The second-order valence-electron chi connectivity index (χ2n) is 7.55. The Bertz CT molecular complexity index is 1170. The predicted molar refractivity (Wildman–Crippen MR) is 121 cm³/mol. The molecule has 1 amide bonds. The Kier molecular flexibility index (Phi) is 6.22. The van der Waals surface area contributed by atoms with Crippen LogP contribution >= 0.6 is 11.3 Å². The van der Waals surface area contributed by atoms with Crippen LogP contribution < -0.4 is 9.64 Å². The zero-order valence-electron chi connectivity index (χ0n) is 17.4. The molecule has 0 N–H and O–H groups in total. The molecular weight excluding hydrogens is 436 g/mol. The average Bonchev–Trinajstić information content (AvgIpc) is 3.20. The molecule has 1 aromatic carbocycles. The summed E-state index contributed by atoms with van der Waals surface area (Å²) in [5.74, 6) is 0.445. The van der Waals surface area contributed by atoms with Crippen molar-refractivity contribution in [1.82, 2.24) is 14.3 Å². The molecule has 1 aliphatic rings. The van der Waals surface area contributed by atoms with Gasteiger partial charge in [-0.3, -0.25) is 14.7 Å². The lowest BCUT2D eigenvalue weighted by Gasteiger charge is -2.32. The van der Waals surface area contributed by atoms with E-state index in [4.69, 9.17) is 9.72 Å². The van der Waals surface area contributed by atoms with Gasteiger partial charge in [0.05, 0.1) is 30.1 Å². The number of fused-ring (bicyclic) bond motifs is 1. The van der Waals surface area contributed by atoms with Gasteiger partial charge in [0.1, 0.15) is 5.75 Å². The molecular formula is C21H24N4O4S2. The number of ether oxygens (including phenoxy) is 1. The zero-order chi connectivity index (χ0) is 22.0. The number of aromatic nitrogens is 2. The van der Waals surface area contributed by atoms with Crippen LogP contribution in [0, 0.1) is 5.92 Å². The van der Waals surface area contributed by atoms with Gasteiger partial charge in [0.2, 0.25) is 15.9 Å². The van der Waals surface area contributed by atoms with Crippen LogP contribution in [0.2, 0.25) is 0 Å². The molecule has 0 unspecified atom stereocenters. The summed E-state index contributed by atoms with van der Waals surface area (Å²) in [6.45, 7) is 1.07. The summed E-state index contributed by atoms with van der Waals surface area (Å²) in [6, 6.07) is 9.40. The number of sulfonamides is 1. The van der Waals surface area contributed by atoms with E-state index in [0.29, 0.717) is 37.6 Å². The Morgan fingerprint density at radius 1 is 1.29 bits per heavy atom. The molecule has 0 radical (unpaired) electrons. The highest BCUT2D eigenvalue weighted by atomic mass is 32.2. The van der Waals surface area contributed by atoms with Crippen LogP contribution in [0.5, 0.6) is 5.75 Å². The zero-order valence-corrected chi connectivity index (χ0v) is 19.0. The Morgan fingerprint density at radius 3 is 2.71 bits per heavy atom. The summed E-state index contributed by atoms with van der Waals surface area (Å²) >= 11 is 1.44. The highest BCUT2D eigenvalue weighted by Gasteiger charge is 2.33. The molecule has 10 heteroatoms. The van der Waals surface area contributed by atoms with Crippen molar-refractivity contribution in [3.63, 3.8) is 0 Å². The first-order valence-electron chi connectivity index (χ1n) is 9.95. The SMILES string of the molecule is COc1ccc2nc(N(Cc3cccnc3)C(=O)C3CCN(S(C)(=O)=O)CC3)sc2c1. The molecule has 31 heavy (non-hydrogen) atoms. The molecule has 0 spiro atoms. The van der Waals surface area contributed by atoms with E-state index in [9.17, 15) is 13.2 Å². The number of carbonyl (C=O) groups excluding carboxylic acids is 1.